The van der Waals surface area contributed by atoms with Crippen molar-refractivity contribution >= 4 is 11.5 Å². The number of hydrogen-bond acceptors (Lipinski definition) is 3. The molecular weight excluding hydrogens is 162 g/mol. The van der Waals surface area contributed by atoms with Crippen molar-refractivity contribution in [2.24, 2.45) is 0 Å². The minimum Gasteiger partial charge on any atom is -0.396 e. The first kappa shape index (κ1) is 9.84. The highest BCUT2D eigenvalue weighted by Crippen LogP contribution is 2.20. The van der Waals surface area contributed by atoms with Gasteiger partial charge in [0.05, 0.1) is 5.69 Å². The molecule has 0 radical (unpaired) electrons. The van der Waals surface area contributed by atoms with E-state index in [0.717, 1.165) is 12.2 Å². The Morgan fingerprint density at radius 2 is 2.23 bits per heavy atom. The molecule has 3 N–H and O–H groups in total. The van der Waals surface area contributed by atoms with Crippen LogP contribution in [-0.2, 0) is 0 Å². The maximum Gasteiger partial charge on any atom is 0.149 e. The maximum absolute atomic E-state index is 5.76. The summed E-state index contributed by atoms with van der Waals surface area (Å²) in [4.78, 5) is 4.18. The van der Waals surface area contributed by atoms with Crippen LogP contribution in [0, 0.1) is 0 Å². The topological polar surface area (TPSA) is 50.9 Å². The number of nitrogen functional groups attached to an aromatic ring is 1. The lowest BCUT2D eigenvalue weighted by atomic mass is 10.0. The number of hydrogen-bond donors (Lipinski definition) is 2. The van der Waals surface area contributed by atoms with Gasteiger partial charge in [-0.1, -0.05) is 6.92 Å². The van der Waals surface area contributed by atoms with E-state index in [1.165, 1.54) is 0 Å². The van der Waals surface area contributed by atoms with Crippen molar-refractivity contribution in [3.05, 3.63) is 18.3 Å². The predicted octanol–water partition coefficient (Wildman–Crippen LogP) is 2.26. The summed E-state index contributed by atoms with van der Waals surface area (Å²) in [6.07, 6.45) is 2.77. The van der Waals surface area contributed by atoms with Crippen molar-refractivity contribution in [1.82, 2.24) is 4.98 Å². The second-order valence-electron chi connectivity index (χ2n) is 3.80. The summed E-state index contributed by atoms with van der Waals surface area (Å²) < 4.78 is 0. The molecule has 0 aromatic carbocycles. The average Bonchev–Trinajstić information content (AvgIpc) is 2.09. The Morgan fingerprint density at radius 3 is 2.77 bits per heavy atom. The average molecular weight is 179 g/mol. The Kier molecular flexibility index (Phi) is 2.76. The number of nitrogens with two attached hydrogens (primary N) is 1. The summed E-state index contributed by atoms with van der Waals surface area (Å²) in [6, 6.07) is 3.68. The summed E-state index contributed by atoms with van der Waals surface area (Å²) in [6.45, 7) is 6.38. The smallest absolute Gasteiger partial charge is 0.149 e. The van der Waals surface area contributed by atoms with Gasteiger partial charge < -0.3 is 11.1 Å². The van der Waals surface area contributed by atoms with E-state index < -0.39 is 0 Å². The highest BCUT2D eigenvalue weighted by Gasteiger charge is 2.15. The van der Waals surface area contributed by atoms with Gasteiger partial charge in [0.15, 0.2) is 0 Å². The number of aromatic nitrogens is 1. The van der Waals surface area contributed by atoms with Gasteiger partial charge in [0.25, 0.3) is 0 Å². The van der Waals surface area contributed by atoms with Gasteiger partial charge in [-0.05, 0) is 32.4 Å². The van der Waals surface area contributed by atoms with Gasteiger partial charge in [-0.3, -0.25) is 0 Å². The Balaban J connectivity index is 2.80. The normalized spacial score (nSPS) is 11.3. The van der Waals surface area contributed by atoms with Gasteiger partial charge in [0, 0.05) is 11.7 Å². The van der Waals surface area contributed by atoms with E-state index in [2.05, 4.69) is 31.1 Å². The number of pyridine rings is 1. The van der Waals surface area contributed by atoms with Crippen molar-refractivity contribution in [1.29, 1.82) is 0 Å². The zero-order valence-corrected chi connectivity index (χ0v) is 8.46. The Hall–Kier alpha value is -1.25. The fourth-order valence-electron chi connectivity index (χ4n) is 0.931. The van der Waals surface area contributed by atoms with Gasteiger partial charge in [-0.2, -0.15) is 0 Å². The molecule has 0 bridgehead atoms. The fraction of sp³-hybridized carbons (Fsp3) is 0.500. The van der Waals surface area contributed by atoms with Crippen LogP contribution in [0.5, 0.6) is 0 Å². The molecule has 0 spiro atoms. The zero-order chi connectivity index (χ0) is 9.90. The van der Waals surface area contributed by atoms with Crippen molar-refractivity contribution in [2.45, 2.75) is 32.7 Å². The monoisotopic (exact) mass is 179 g/mol. The highest BCUT2D eigenvalue weighted by molar-refractivity contribution is 5.61. The van der Waals surface area contributed by atoms with Gasteiger partial charge in [0.1, 0.15) is 5.82 Å². The third kappa shape index (κ3) is 2.61. The van der Waals surface area contributed by atoms with Crippen LogP contribution in [0.3, 0.4) is 0 Å². The van der Waals surface area contributed by atoms with Crippen LogP contribution in [0.15, 0.2) is 18.3 Å². The summed E-state index contributed by atoms with van der Waals surface area (Å²) in [5.41, 5.74) is 6.50. The molecule has 0 saturated carbocycles. The second-order valence-corrected chi connectivity index (χ2v) is 3.80. The minimum atomic E-state index is 0.0441. The van der Waals surface area contributed by atoms with E-state index in [1.807, 2.05) is 12.1 Å². The van der Waals surface area contributed by atoms with Crippen LogP contribution in [0.2, 0.25) is 0 Å². The van der Waals surface area contributed by atoms with Crippen molar-refractivity contribution in [2.75, 3.05) is 11.1 Å². The van der Waals surface area contributed by atoms with Crippen molar-refractivity contribution in [3.63, 3.8) is 0 Å². The second kappa shape index (κ2) is 3.64. The molecule has 0 aliphatic rings. The van der Waals surface area contributed by atoms with E-state index in [-0.39, 0.29) is 5.54 Å². The molecule has 3 nitrogen and oxygen atoms in total. The largest absolute Gasteiger partial charge is 0.396 e. The first-order valence-electron chi connectivity index (χ1n) is 4.54. The molecule has 1 heterocycles. The SMILES string of the molecule is CCC(C)(C)Nc1ncccc1N. The molecular formula is C10H17N3. The first-order chi connectivity index (χ1) is 6.05. The Morgan fingerprint density at radius 1 is 1.54 bits per heavy atom. The molecule has 3 heteroatoms. The van der Waals surface area contributed by atoms with Crippen LogP contribution < -0.4 is 11.1 Å². The number of rotatable bonds is 3. The molecule has 0 fully saturated rings. The van der Waals surface area contributed by atoms with E-state index in [1.54, 1.807) is 6.20 Å². The van der Waals surface area contributed by atoms with E-state index >= 15 is 0 Å². The minimum absolute atomic E-state index is 0.0441. The van der Waals surface area contributed by atoms with Crippen LogP contribution >= 0.6 is 0 Å². The van der Waals surface area contributed by atoms with E-state index in [9.17, 15) is 0 Å². The van der Waals surface area contributed by atoms with Gasteiger partial charge in [0.2, 0.25) is 0 Å². The molecule has 0 atom stereocenters. The molecule has 1 aromatic rings. The lowest BCUT2D eigenvalue weighted by molar-refractivity contribution is 0.545. The standard InChI is InChI=1S/C10H17N3/c1-4-10(2,3)13-9-8(11)6-5-7-12-9/h5-7H,4,11H2,1-3H3,(H,12,13). The van der Waals surface area contributed by atoms with Gasteiger partial charge in [-0.15, -0.1) is 0 Å². The Bertz CT molecular complexity index is 281. The fourth-order valence-corrected chi connectivity index (χ4v) is 0.931. The van der Waals surface area contributed by atoms with Gasteiger partial charge >= 0.3 is 0 Å². The third-order valence-electron chi connectivity index (χ3n) is 2.18. The molecule has 0 saturated heterocycles. The number of anilines is 2. The predicted molar refractivity (Wildman–Crippen MR) is 56.6 cm³/mol. The summed E-state index contributed by atoms with van der Waals surface area (Å²) in [5, 5.41) is 3.30. The molecule has 0 aliphatic heterocycles. The lowest BCUT2D eigenvalue weighted by Crippen LogP contribution is -2.30. The van der Waals surface area contributed by atoms with Crippen molar-refractivity contribution in [3.8, 4) is 0 Å². The van der Waals surface area contributed by atoms with E-state index in [0.29, 0.717) is 5.69 Å². The quantitative estimate of drug-likeness (QED) is 0.748. The summed E-state index contributed by atoms with van der Waals surface area (Å²) in [7, 11) is 0. The Labute approximate surface area is 79.4 Å². The van der Waals surface area contributed by atoms with E-state index in [4.69, 9.17) is 5.73 Å². The number of nitrogens with one attached hydrogen (secondary N) is 1. The first-order valence-corrected chi connectivity index (χ1v) is 4.54. The number of nitrogens with zero attached hydrogens (tertiary/aromatic N) is 1. The molecule has 13 heavy (non-hydrogen) atoms. The van der Waals surface area contributed by atoms with Crippen LogP contribution in [0.4, 0.5) is 11.5 Å². The molecule has 0 amide bonds. The van der Waals surface area contributed by atoms with Crippen LogP contribution in [0.1, 0.15) is 27.2 Å². The maximum atomic E-state index is 5.76. The highest BCUT2D eigenvalue weighted by atomic mass is 15.1. The summed E-state index contributed by atoms with van der Waals surface area (Å²) >= 11 is 0. The third-order valence-corrected chi connectivity index (χ3v) is 2.18. The van der Waals surface area contributed by atoms with Gasteiger partial charge in [-0.25, -0.2) is 4.98 Å². The molecule has 1 aromatic heterocycles. The van der Waals surface area contributed by atoms with Crippen molar-refractivity contribution < 1.29 is 0 Å². The molecule has 72 valence electrons. The lowest BCUT2D eigenvalue weighted by Gasteiger charge is -2.25. The van der Waals surface area contributed by atoms with Crippen LogP contribution in [0.25, 0.3) is 0 Å². The zero-order valence-electron chi connectivity index (χ0n) is 8.46. The molecule has 1 rings (SSSR count). The summed E-state index contributed by atoms with van der Waals surface area (Å²) in [5.74, 6) is 0.773. The molecule has 0 aliphatic carbocycles. The van der Waals surface area contributed by atoms with Crippen LogP contribution in [-0.4, -0.2) is 10.5 Å². The molecule has 0 unspecified atom stereocenters.